The van der Waals surface area contributed by atoms with E-state index in [0.29, 0.717) is 12.8 Å². The van der Waals surface area contributed by atoms with Gasteiger partial charge in [0.1, 0.15) is 0 Å². The molecule has 0 aromatic carbocycles. The summed E-state index contributed by atoms with van der Waals surface area (Å²) >= 11 is 0. The Labute approximate surface area is 131 Å². The van der Waals surface area contributed by atoms with Crippen LogP contribution in [0.25, 0.3) is 0 Å². The number of hydrogen-bond donors (Lipinski definition) is 2. The molecule has 4 amide bonds. The van der Waals surface area contributed by atoms with Crippen LogP contribution in [-0.4, -0.2) is 23.6 Å². The maximum absolute atomic E-state index is 11.0. The molecule has 0 aromatic rings. The molecular formula is C16H26N2O4. The van der Waals surface area contributed by atoms with E-state index in [-0.39, 0.29) is 35.5 Å². The Morgan fingerprint density at radius 1 is 0.773 bits per heavy atom. The lowest BCUT2D eigenvalue weighted by Crippen LogP contribution is -2.21. The second kappa shape index (κ2) is 9.33. The maximum atomic E-state index is 11.0. The van der Waals surface area contributed by atoms with E-state index in [2.05, 4.69) is 24.5 Å². The lowest BCUT2D eigenvalue weighted by atomic mass is 10.0. The molecule has 2 N–H and O–H groups in total. The molecule has 2 aliphatic rings. The average molecular weight is 310 g/mol. The summed E-state index contributed by atoms with van der Waals surface area (Å²) in [6.07, 6.45) is 6.74. The third kappa shape index (κ3) is 5.95. The number of amides is 4. The van der Waals surface area contributed by atoms with Gasteiger partial charge in [-0.05, 0) is 12.8 Å². The molecule has 2 saturated heterocycles. The highest BCUT2D eigenvalue weighted by atomic mass is 16.2. The molecular weight excluding hydrogens is 284 g/mol. The molecule has 0 aromatic heterocycles. The van der Waals surface area contributed by atoms with Gasteiger partial charge in [0.25, 0.3) is 0 Å². The number of unbranched alkanes of at least 4 members (excludes halogenated alkanes) is 2. The molecule has 2 aliphatic heterocycles. The Balaban J connectivity index is 0.000000220. The molecule has 0 saturated carbocycles. The fourth-order valence-corrected chi connectivity index (χ4v) is 2.58. The standard InChI is InChI=1S/2C8H13NO2/c2*1-2-3-4-6-5-7(10)9-8(6)11/h2*6H,2-5H2,1H3,(H,9,10,11). The van der Waals surface area contributed by atoms with Crippen molar-refractivity contribution in [1.29, 1.82) is 0 Å². The number of nitrogens with one attached hydrogen (secondary N) is 2. The van der Waals surface area contributed by atoms with Gasteiger partial charge < -0.3 is 0 Å². The van der Waals surface area contributed by atoms with Crippen molar-refractivity contribution in [1.82, 2.24) is 10.6 Å². The molecule has 22 heavy (non-hydrogen) atoms. The van der Waals surface area contributed by atoms with Crippen LogP contribution in [0, 0.1) is 11.8 Å². The van der Waals surface area contributed by atoms with Crippen molar-refractivity contribution < 1.29 is 19.2 Å². The molecule has 0 spiro atoms. The zero-order chi connectivity index (χ0) is 16.5. The molecule has 2 atom stereocenters. The van der Waals surface area contributed by atoms with E-state index < -0.39 is 0 Å². The van der Waals surface area contributed by atoms with Crippen LogP contribution in [0.15, 0.2) is 0 Å². The maximum Gasteiger partial charge on any atom is 0.230 e. The van der Waals surface area contributed by atoms with Gasteiger partial charge in [0.15, 0.2) is 0 Å². The topological polar surface area (TPSA) is 92.3 Å². The summed E-state index contributed by atoms with van der Waals surface area (Å²) in [6.45, 7) is 4.16. The summed E-state index contributed by atoms with van der Waals surface area (Å²) in [5.74, 6) is -0.469. The molecule has 124 valence electrons. The average Bonchev–Trinajstić information content (AvgIpc) is 2.96. The van der Waals surface area contributed by atoms with Crippen LogP contribution < -0.4 is 10.6 Å². The molecule has 0 bridgehead atoms. The summed E-state index contributed by atoms with van der Waals surface area (Å²) in [4.78, 5) is 43.3. The van der Waals surface area contributed by atoms with E-state index in [9.17, 15) is 19.2 Å². The fourth-order valence-electron chi connectivity index (χ4n) is 2.58. The molecule has 0 aliphatic carbocycles. The SMILES string of the molecule is CCCCC1CC(=O)NC1=O.CCCCC1CC(=O)NC1=O. The van der Waals surface area contributed by atoms with Gasteiger partial charge in [-0.25, -0.2) is 0 Å². The quantitative estimate of drug-likeness (QED) is 0.730. The second-order valence-corrected chi connectivity index (χ2v) is 5.91. The number of carbonyl (C=O) groups excluding carboxylic acids is 4. The van der Waals surface area contributed by atoms with Crippen LogP contribution in [0.1, 0.15) is 65.2 Å². The molecule has 2 rings (SSSR count). The van der Waals surface area contributed by atoms with Crippen molar-refractivity contribution in [2.24, 2.45) is 11.8 Å². The Bertz CT molecular complexity index is 394. The van der Waals surface area contributed by atoms with Gasteiger partial charge in [-0.3, -0.25) is 29.8 Å². The zero-order valence-corrected chi connectivity index (χ0v) is 13.4. The van der Waals surface area contributed by atoms with Crippen molar-refractivity contribution in [3.05, 3.63) is 0 Å². The largest absolute Gasteiger partial charge is 0.296 e. The van der Waals surface area contributed by atoms with Gasteiger partial charge in [-0.1, -0.05) is 39.5 Å². The Hall–Kier alpha value is -1.72. The Morgan fingerprint density at radius 2 is 1.14 bits per heavy atom. The van der Waals surface area contributed by atoms with Crippen molar-refractivity contribution in [2.45, 2.75) is 65.2 Å². The van der Waals surface area contributed by atoms with E-state index in [1.807, 2.05) is 0 Å². The summed E-state index contributed by atoms with van der Waals surface area (Å²) in [5.41, 5.74) is 0. The van der Waals surface area contributed by atoms with Gasteiger partial charge in [-0.2, -0.15) is 0 Å². The van der Waals surface area contributed by atoms with Crippen LogP contribution in [-0.2, 0) is 19.2 Å². The van der Waals surface area contributed by atoms with Gasteiger partial charge in [0, 0.05) is 24.7 Å². The highest BCUT2D eigenvalue weighted by molar-refractivity contribution is 6.03. The van der Waals surface area contributed by atoms with Gasteiger partial charge >= 0.3 is 0 Å². The van der Waals surface area contributed by atoms with Crippen molar-refractivity contribution >= 4 is 23.6 Å². The molecule has 2 fully saturated rings. The van der Waals surface area contributed by atoms with Crippen molar-refractivity contribution in [3.8, 4) is 0 Å². The number of rotatable bonds is 6. The molecule has 0 radical (unpaired) electrons. The second-order valence-electron chi connectivity index (χ2n) is 5.91. The van der Waals surface area contributed by atoms with Crippen LogP contribution in [0.4, 0.5) is 0 Å². The molecule has 6 heteroatoms. The lowest BCUT2D eigenvalue weighted by molar-refractivity contribution is -0.127. The molecule has 2 heterocycles. The van der Waals surface area contributed by atoms with Crippen molar-refractivity contribution in [3.63, 3.8) is 0 Å². The number of hydrogen-bond acceptors (Lipinski definition) is 4. The number of carbonyl (C=O) groups is 4. The molecule has 6 nitrogen and oxygen atoms in total. The number of imide groups is 2. The first kappa shape index (κ1) is 18.3. The van der Waals surface area contributed by atoms with Gasteiger partial charge in [0.05, 0.1) is 0 Å². The Kier molecular flexibility index (Phi) is 7.77. The Morgan fingerprint density at radius 3 is 1.36 bits per heavy atom. The summed E-state index contributed by atoms with van der Waals surface area (Å²) in [5, 5.41) is 4.60. The minimum atomic E-state index is -0.115. The zero-order valence-electron chi connectivity index (χ0n) is 13.4. The van der Waals surface area contributed by atoms with Crippen LogP contribution in [0.3, 0.4) is 0 Å². The first-order chi connectivity index (χ1) is 10.5. The monoisotopic (exact) mass is 310 g/mol. The van der Waals surface area contributed by atoms with Crippen LogP contribution >= 0.6 is 0 Å². The van der Waals surface area contributed by atoms with E-state index >= 15 is 0 Å². The normalized spacial score (nSPS) is 23.9. The van der Waals surface area contributed by atoms with E-state index in [1.165, 1.54) is 0 Å². The predicted octanol–water partition coefficient (Wildman–Crippen LogP) is 1.68. The lowest BCUT2D eigenvalue weighted by Gasteiger charge is -2.01. The van der Waals surface area contributed by atoms with Gasteiger partial charge in [-0.15, -0.1) is 0 Å². The summed E-state index contributed by atoms with van der Waals surface area (Å²) in [6, 6.07) is 0. The predicted molar refractivity (Wildman–Crippen MR) is 81.6 cm³/mol. The summed E-state index contributed by atoms with van der Waals surface area (Å²) in [7, 11) is 0. The van der Waals surface area contributed by atoms with Crippen molar-refractivity contribution in [2.75, 3.05) is 0 Å². The minimum Gasteiger partial charge on any atom is -0.296 e. The van der Waals surface area contributed by atoms with E-state index in [0.717, 1.165) is 38.5 Å². The minimum absolute atomic E-state index is 0.0394. The van der Waals surface area contributed by atoms with E-state index in [4.69, 9.17) is 0 Å². The highest BCUT2D eigenvalue weighted by Gasteiger charge is 2.30. The van der Waals surface area contributed by atoms with Crippen LogP contribution in [0.5, 0.6) is 0 Å². The van der Waals surface area contributed by atoms with E-state index in [1.54, 1.807) is 0 Å². The third-order valence-electron chi connectivity index (χ3n) is 3.94. The third-order valence-corrected chi connectivity index (χ3v) is 3.94. The fraction of sp³-hybridized carbons (Fsp3) is 0.750. The highest BCUT2D eigenvalue weighted by Crippen LogP contribution is 2.18. The first-order valence-corrected chi connectivity index (χ1v) is 8.15. The smallest absolute Gasteiger partial charge is 0.230 e. The van der Waals surface area contributed by atoms with Crippen LogP contribution in [0.2, 0.25) is 0 Å². The summed E-state index contributed by atoms with van der Waals surface area (Å²) < 4.78 is 0. The first-order valence-electron chi connectivity index (χ1n) is 8.15. The molecule has 2 unspecified atom stereocenters. The van der Waals surface area contributed by atoms with Gasteiger partial charge in [0.2, 0.25) is 23.6 Å².